The molecule has 0 unspecified atom stereocenters. The van der Waals surface area contributed by atoms with E-state index >= 15 is 0 Å². The maximum absolute atomic E-state index is 9.56. The molecular formula is C20H21N3O. The molecule has 2 aliphatic rings. The lowest BCUT2D eigenvalue weighted by molar-refractivity contribution is 0.145. The lowest BCUT2D eigenvalue weighted by Gasteiger charge is -2.46. The van der Waals surface area contributed by atoms with Crippen LogP contribution in [0.5, 0.6) is 0 Å². The number of aliphatic hydroxyl groups is 1. The average Bonchev–Trinajstić information content (AvgIpc) is 2.65. The van der Waals surface area contributed by atoms with Crippen LogP contribution in [0.25, 0.3) is 5.70 Å². The quantitative estimate of drug-likeness (QED) is 0.868. The molecule has 1 saturated carbocycles. The van der Waals surface area contributed by atoms with Crippen LogP contribution in [-0.4, -0.2) is 29.2 Å². The smallest absolute Gasteiger partial charge is 0.133 e. The first-order chi connectivity index (χ1) is 11.8. The Labute approximate surface area is 142 Å². The predicted molar refractivity (Wildman–Crippen MR) is 92.2 cm³/mol. The summed E-state index contributed by atoms with van der Waals surface area (Å²) in [4.78, 5) is 2.27. The lowest BCUT2D eigenvalue weighted by atomic mass is 9.74. The third-order valence-corrected chi connectivity index (χ3v) is 5.05. The molecule has 1 heterocycles. The fourth-order valence-corrected chi connectivity index (χ4v) is 4.03. The minimum absolute atomic E-state index is 0.0931. The number of aliphatic hydroxyl groups excluding tert-OH is 1. The molecule has 0 radical (unpaired) electrons. The largest absolute Gasteiger partial charge is 0.395 e. The van der Waals surface area contributed by atoms with Gasteiger partial charge in [0.1, 0.15) is 17.7 Å². The highest BCUT2D eigenvalue weighted by molar-refractivity contribution is 5.70. The minimum atomic E-state index is 0.0931. The molecule has 0 saturated heterocycles. The van der Waals surface area contributed by atoms with Gasteiger partial charge in [0.15, 0.2) is 0 Å². The number of allylic oxidation sites excluding steroid dienone is 2. The highest BCUT2D eigenvalue weighted by atomic mass is 16.3. The normalized spacial score (nSPS) is 22.9. The molecule has 1 aromatic rings. The van der Waals surface area contributed by atoms with Crippen molar-refractivity contribution in [1.29, 1.82) is 10.5 Å². The number of nitriles is 2. The molecule has 1 aromatic carbocycles. The molecule has 0 amide bonds. The molecule has 24 heavy (non-hydrogen) atoms. The summed E-state index contributed by atoms with van der Waals surface area (Å²) >= 11 is 0. The summed E-state index contributed by atoms with van der Waals surface area (Å²) in [6.45, 7) is 0.666. The zero-order valence-electron chi connectivity index (χ0n) is 13.7. The van der Waals surface area contributed by atoms with E-state index in [2.05, 4.69) is 17.0 Å². The van der Waals surface area contributed by atoms with E-state index in [-0.39, 0.29) is 24.1 Å². The fraction of sp³-hybridized carbons (Fsp3) is 0.400. The summed E-state index contributed by atoms with van der Waals surface area (Å²) in [5.41, 5.74) is 3.16. The number of fused-ring (bicyclic) bond motifs is 1. The Morgan fingerprint density at radius 2 is 1.83 bits per heavy atom. The van der Waals surface area contributed by atoms with Crippen LogP contribution in [-0.2, 0) is 0 Å². The van der Waals surface area contributed by atoms with Crippen molar-refractivity contribution in [2.75, 3.05) is 13.2 Å². The Hall–Kier alpha value is -2.56. The molecule has 122 valence electrons. The first kappa shape index (κ1) is 16.3. The number of hydrogen-bond donors (Lipinski definition) is 1. The topological polar surface area (TPSA) is 71.0 Å². The van der Waals surface area contributed by atoms with Crippen LogP contribution in [0.1, 0.15) is 31.2 Å². The standard InChI is InChI=1S/C20H21N3O/c21-13-16(14-22)18-12-20(15-6-2-1-3-7-15)23(10-11-24)19-9-5-4-8-17(18)19/h1-3,6-7,12,17,19,24H,4-5,8-11H2/t17-,19+/m1/s1. The maximum Gasteiger partial charge on any atom is 0.133 e. The molecule has 4 nitrogen and oxygen atoms in total. The van der Waals surface area contributed by atoms with Gasteiger partial charge in [-0.15, -0.1) is 0 Å². The molecule has 1 aliphatic heterocycles. The van der Waals surface area contributed by atoms with Crippen molar-refractivity contribution in [2.24, 2.45) is 5.92 Å². The van der Waals surface area contributed by atoms with Crippen LogP contribution >= 0.6 is 0 Å². The maximum atomic E-state index is 9.56. The Balaban J connectivity index is 2.17. The minimum Gasteiger partial charge on any atom is -0.395 e. The van der Waals surface area contributed by atoms with Crippen molar-refractivity contribution in [1.82, 2.24) is 4.90 Å². The monoisotopic (exact) mass is 319 g/mol. The van der Waals surface area contributed by atoms with Crippen molar-refractivity contribution >= 4 is 5.70 Å². The summed E-state index contributed by atoms with van der Waals surface area (Å²) < 4.78 is 0. The third-order valence-electron chi connectivity index (χ3n) is 5.05. The molecule has 1 aliphatic carbocycles. The van der Waals surface area contributed by atoms with E-state index in [4.69, 9.17) is 0 Å². The van der Waals surface area contributed by atoms with Gasteiger partial charge in [0.2, 0.25) is 0 Å². The van der Waals surface area contributed by atoms with Crippen molar-refractivity contribution in [3.63, 3.8) is 0 Å². The van der Waals surface area contributed by atoms with E-state index in [1.807, 2.05) is 36.4 Å². The molecule has 4 heteroatoms. The van der Waals surface area contributed by atoms with Crippen molar-refractivity contribution < 1.29 is 5.11 Å². The summed E-state index contributed by atoms with van der Waals surface area (Å²) in [6.07, 6.45) is 6.29. The second-order valence-corrected chi connectivity index (χ2v) is 6.32. The second kappa shape index (κ2) is 7.34. The van der Waals surface area contributed by atoms with Crippen molar-refractivity contribution in [3.8, 4) is 12.1 Å². The van der Waals surface area contributed by atoms with Crippen LogP contribution in [0, 0.1) is 28.6 Å². The SMILES string of the molecule is N#CC(C#N)=C1C=C(c2ccccc2)N(CCO)[C@H]2CCCC[C@H]12. The lowest BCUT2D eigenvalue weighted by Crippen LogP contribution is -2.46. The highest BCUT2D eigenvalue weighted by Gasteiger charge is 2.38. The number of nitrogens with zero attached hydrogens (tertiary/aromatic N) is 3. The van der Waals surface area contributed by atoms with E-state index in [0.29, 0.717) is 6.54 Å². The van der Waals surface area contributed by atoms with Gasteiger partial charge in [0.25, 0.3) is 0 Å². The van der Waals surface area contributed by atoms with Gasteiger partial charge in [-0.2, -0.15) is 10.5 Å². The van der Waals surface area contributed by atoms with Gasteiger partial charge >= 0.3 is 0 Å². The van der Waals surface area contributed by atoms with E-state index < -0.39 is 0 Å². The van der Waals surface area contributed by atoms with E-state index in [0.717, 1.165) is 42.5 Å². The average molecular weight is 319 g/mol. The Morgan fingerprint density at radius 1 is 1.12 bits per heavy atom. The first-order valence-electron chi connectivity index (χ1n) is 8.49. The van der Waals surface area contributed by atoms with Gasteiger partial charge in [-0.3, -0.25) is 0 Å². The van der Waals surface area contributed by atoms with Gasteiger partial charge < -0.3 is 10.0 Å². The highest BCUT2D eigenvalue weighted by Crippen LogP contribution is 2.43. The molecule has 1 N–H and O–H groups in total. The van der Waals surface area contributed by atoms with Crippen LogP contribution in [0.4, 0.5) is 0 Å². The first-order valence-corrected chi connectivity index (χ1v) is 8.49. The van der Waals surface area contributed by atoms with E-state index in [1.54, 1.807) is 0 Å². The number of rotatable bonds is 3. The molecule has 0 bridgehead atoms. The Bertz CT molecular complexity index is 720. The number of hydrogen-bond acceptors (Lipinski definition) is 4. The van der Waals surface area contributed by atoms with Crippen LogP contribution < -0.4 is 0 Å². The van der Waals surface area contributed by atoms with Gasteiger partial charge in [-0.1, -0.05) is 43.2 Å². The van der Waals surface area contributed by atoms with Crippen LogP contribution in [0.15, 0.2) is 47.6 Å². The Kier molecular flexibility index (Phi) is 4.99. The number of benzene rings is 1. The zero-order chi connectivity index (χ0) is 16.9. The molecular weight excluding hydrogens is 298 g/mol. The van der Waals surface area contributed by atoms with E-state index in [1.165, 1.54) is 0 Å². The molecule has 1 fully saturated rings. The zero-order valence-corrected chi connectivity index (χ0v) is 13.7. The van der Waals surface area contributed by atoms with Crippen LogP contribution in [0.3, 0.4) is 0 Å². The summed E-state index contributed by atoms with van der Waals surface area (Å²) in [5, 5.41) is 28.3. The predicted octanol–water partition coefficient (Wildman–Crippen LogP) is 3.24. The number of β-amino-alcohol motifs (C(OH)–C–C–N with tert-alkyl or cyclic N) is 1. The van der Waals surface area contributed by atoms with Crippen molar-refractivity contribution in [3.05, 3.63) is 53.1 Å². The third kappa shape index (κ3) is 2.94. The van der Waals surface area contributed by atoms with Gasteiger partial charge in [-0.25, -0.2) is 0 Å². The summed E-state index contributed by atoms with van der Waals surface area (Å²) in [5.74, 6) is 0.201. The second-order valence-electron chi connectivity index (χ2n) is 6.32. The summed E-state index contributed by atoms with van der Waals surface area (Å²) in [7, 11) is 0. The molecule has 0 aromatic heterocycles. The molecule has 3 rings (SSSR count). The van der Waals surface area contributed by atoms with Gasteiger partial charge in [0.05, 0.1) is 6.61 Å². The fourth-order valence-electron chi connectivity index (χ4n) is 4.03. The van der Waals surface area contributed by atoms with Gasteiger partial charge in [0, 0.05) is 24.2 Å². The van der Waals surface area contributed by atoms with E-state index in [9.17, 15) is 15.6 Å². The van der Waals surface area contributed by atoms with Crippen LogP contribution in [0.2, 0.25) is 0 Å². The Morgan fingerprint density at radius 3 is 2.50 bits per heavy atom. The molecule has 0 spiro atoms. The summed E-state index contributed by atoms with van der Waals surface area (Å²) in [6, 6.07) is 14.4. The van der Waals surface area contributed by atoms with Gasteiger partial charge in [-0.05, 0) is 30.1 Å². The van der Waals surface area contributed by atoms with Crippen molar-refractivity contribution in [2.45, 2.75) is 31.7 Å². The molecule has 2 atom stereocenters.